The van der Waals surface area contributed by atoms with Gasteiger partial charge in [0, 0.05) is 18.5 Å². The molecule has 0 radical (unpaired) electrons. The molecule has 0 aromatic heterocycles. The quantitative estimate of drug-likeness (QED) is 0.665. The molecule has 5 heteroatoms. The molecule has 0 bridgehead atoms. The molecular formula is C26H23NO4. The lowest BCUT2D eigenvalue weighted by Gasteiger charge is -2.35. The molecule has 2 aliphatic rings. The smallest absolute Gasteiger partial charge is 0.410 e. The number of carboxylic acid groups (broad SMARTS) is 1. The Labute approximate surface area is 180 Å². The summed E-state index contributed by atoms with van der Waals surface area (Å²) in [6, 6.07) is 23.9. The van der Waals surface area contributed by atoms with Crippen molar-refractivity contribution in [3.8, 4) is 11.1 Å². The van der Waals surface area contributed by atoms with Crippen LogP contribution in [0.15, 0.2) is 72.8 Å². The fourth-order valence-corrected chi connectivity index (χ4v) is 4.86. The summed E-state index contributed by atoms with van der Waals surface area (Å²) < 4.78 is 5.80. The average Bonchev–Trinajstić information content (AvgIpc) is 3.10. The summed E-state index contributed by atoms with van der Waals surface area (Å²) in [5.74, 6) is -0.938. The van der Waals surface area contributed by atoms with Crippen LogP contribution in [0.2, 0.25) is 0 Å². The maximum absolute atomic E-state index is 13.1. The highest BCUT2D eigenvalue weighted by Crippen LogP contribution is 2.44. The van der Waals surface area contributed by atoms with Crippen LogP contribution in [0.4, 0.5) is 4.79 Å². The lowest BCUT2D eigenvalue weighted by atomic mass is 9.92. The number of rotatable bonds is 4. The zero-order valence-electron chi connectivity index (χ0n) is 17.0. The van der Waals surface area contributed by atoms with E-state index in [2.05, 4.69) is 24.3 Å². The Kier molecular flexibility index (Phi) is 4.94. The molecule has 0 fully saturated rings. The van der Waals surface area contributed by atoms with E-state index in [0.29, 0.717) is 13.0 Å². The van der Waals surface area contributed by atoms with Crippen LogP contribution in [0.1, 0.15) is 34.6 Å². The number of carboxylic acids is 1. The Balaban J connectivity index is 1.37. The number of hydrogen-bond donors (Lipinski definition) is 1. The van der Waals surface area contributed by atoms with Gasteiger partial charge in [0.2, 0.25) is 0 Å². The van der Waals surface area contributed by atoms with Crippen LogP contribution in [0, 0.1) is 0 Å². The third kappa shape index (κ3) is 3.56. The largest absolute Gasteiger partial charge is 0.481 e. The second-order valence-electron chi connectivity index (χ2n) is 8.16. The summed E-state index contributed by atoms with van der Waals surface area (Å²) in [6.07, 6.45) is -0.0341. The fraction of sp³-hybridized carbons (Fsp3) is 0.231. The molecular weight excluding hydrogens is 390 g/mol. The molecule has 3 aromatic rings. The second-order valence-corrected chi connectivity index (χ2v) is 8.16. The van der Waals surface area contributed by atoms with E-state index in [9.17, 15) is 14.7 Å². The number of hydrogen-bond acceptors (Lipinski definition) is 3. The number of benzene rings is 3. The van der Waals surface area contributed by atoms with Gasteiger partial charge in [-0.05, 0) is 39.8 Å². The Bertz CT molecular complexity index is 1110. The van der Waals surface area contributed by atoms with Gasteiger partial charge in [-0.1, -0.05) is 72.8 Å². The molecule has 1 N–H and O–H groups in total. The molecule has 156 valence electrons. The van der Waals surface area contributed by atoms with Gasteiger partial charge in [0.15, 0.2) is 0 Å². The summed E-state index contributed by atoms with van der Waals surface area (Å²) in [7, 11) is 0. The molecule has 31 heavy (non-hydrogen) atoms. The normalized spacial score (nSPS) is 16.9. The Hall–Kier alpha value is -3.60. The van der Waals surface area contributed by atoms with Crippen LogP contribution in [0.5, 0.6) is 0 Å². The molecule has 0 saturated carbocycles. The SMILES string of the molecule is O=C(O)CC1Cc2ccccc2CN1C(=O)OCC1c2ccccc2-c2ccccc21. The predicted octanol–water partition coefficient (Wildman–Crippen LogP) is 4.84. The molecule has 1 atom stereocenters. The second kappa shape index (κ2) is 7.91. The average molecular weight is 413 g/mol. The molecule has 5 nitrogen and oxygen atoms in total. The Morgan fingerprint density at radius 2 is 1.45 bits per heavy atom. The van der Waals surface area contributed by atoms with Crippen molar-refractivity contribution in [2.24, 2.45) is 0 Å². The van der Waals surface area contributed by atoms with Crippen LogP contribution in [-0.2, 0) is 22.5 Å². The maximum Gasteiger partial charge on any atom is 0.410 e. The summed E-state index contributed by atoms with van der Waals surface area (Å²) in [6.45, 7) is 0.593. The monoisotopic (exact) mass is 413 g/mol. The highest BCUT2D eigenvalue weighted by Gasteiger charge is 2.34. The zero-order valence-corrected chi connectivity index (χ0v) is 17.0. The van der Waals surface area contributed by atoms with E-state index in [1.54, 1.807) is 4.90 Å². The molecule has 1 aliphatic heterocycles. The topological polar surface area (TPSA) is 66.8 Å². The first-order valence-corrected chi connectivity index (χ1v) is 10.5. The first-order valence-electron chi connectivity index (χ1n) is 10.5. The number of carbonyl (C=O) groups excluding carboxylic acids is 1. The summed E-state index contributed by atoms with van der Waals surface area (Å²) in [5.41, 5.74) is 6.80. The highest BCUT2D eigenvalue weighted by atomic mass is 16.6. The minimum Gasteiger partial charge on any atom is -0.481 e. The third-order valence-corrected chi connectivity index (χ3v) is 6.34. The van der Waals surface area contributed by atoms with Crippen LogP contribution in [0.3, 0.4) is 0 Å². The van der Waals surface area contributed by atoms with Gasteiger partial charge < -0.3 is 9.84 Å². The summed E-state index contributed by atoms with van der Waals surface area (Å²) in [5, 5.41) is 9.36. The molecule has 1 unspecified atom stereocenters. The molecule has 5 rings (SSSR count). The van der Waals surface area contributed by atoms with E-state index in [0.717, 1.165) is 22.3 Å². The van der Waals surface area contributed by atoms with Gasteiger partial charge in [-0.15, -0.1) is 0 Å². The summed E-state index contributed by atoms with van der Waals surface area (Å²) in [4.78, 5) is 26.1. The number of nitrogens with zero attached hydrogens (tertiary/aromatic N) is 1. The molecule has 1 amide bonds. The number of fused-ring (bicyclic) bond motifs is 4. The summed E-state index contributed by atoms with van der Waals surface area (Å²) >= 11 is 0. The standard InChI is InChI=1S/C26H23NO4/c28-25(29)14-19-13-17-7-1-2-8-18(17)15-27(19)26(30)31-16-24-22-11-5-3-9-20(22)21-10-4-6-12-23(21)24/h1-12,19,24H,13-16H2,(H,28,29). The first-order chi connectivity index (χ1) is 15.1. The van der Waals surface area contributed by atoms with Crippen molar-refractivity contribution in [3.05, 3.63) is 95.1 Å². The van der Waals surface area contributed by atoms with E-state index in [1.165, 1.54) is 11.1 Å². The van der Waals surface area contributed by atoms with Gasteiger partial charge in [-0.2, -0.15) is 0 Å². The molecule has 1 heterocycles. The van der Waals surface area contributed by atoms with Crippen LogP contribution in [0.25, 0.3) is 11.1 Å². The van der Waals surface area contributed by atoms with Gasteiger partial charge in [-0.25, -0.2) is 4.79 Å². The minimum atomic E-state index is -0.916. The fourth-order valence-electron chi connectivity index (χ4n) is 4.86. The minimum absolute atomic E-state index is 0.0219. The Morgan fingerprint density at radius 1 is 0.871 bits per heavy atom. The molecule has 1 aliphatic carbocycles. The van der Waals surface area contributed by atoms with Crippen LogP contribution >= 0.6 is 0 Å². The first kappa shape index (κ1) is 19.4. The number of amides is 1. The highest BCUT2D eigenvalue weighted by molar-refractivity contribution is 5.79. The van der Waals surface area contributed by atoms with Gasteiger partial charge in [-0.3, -0.25) is 9.69 Å². The number of aliphatic carboxylic acids is 1. The molecule has 0 saturated heterocycles. The Morgan fingerprint density at radius 3 is 2.10 bits per heavy atom. The van der Waals surface area contributed by atoms with Crippen molar-refractivity contribution >= 4 is 12.1 Å². The van der Waals surface area contributed by atoms with Gasteiger partial charge in [0.1, 0.15) is 6.61 Å². The van der Waals surface area contributed by atoms with E-state index in [-0.39, 0.29) is 18.9 Å². The maximum atomic E-state index is 13.1. The van der Waals surface area contributed by atoms with Crippen molar-refractivity contribution in [1.29, 1.82) is 0 Å². The van der Waals surface area contributed by atoms with Crippen LogP contribution in [-0.4, -0.2) is 34.7 Å². The van der Waals surface area contributed by atoms with Crippen LogP contribution < -0.4 is 0 Å². The van der Waals surface area contributed by atoms with Crippen molar-refractivity contribution in [3.63, 3.8) is 0 Å². The lowest BCUT2D eigenvalue weighted by molar-refractivity contribution is -0.138. The predicted molar refractivity (Wildman–Crippen MR) is 117 cm³/mol. The third-order valence-electron chi connectivity index (χ3n) is 6.34. The zero-order chi connectivity index (χ0) is 21.4. The van der Waals surface area contributed by atoms with E-state index >= 15 is 0 Å². The van der Waals surface area contributed by atoms with Crippen molar-refractivity contribution in [2.75, 3.05) is 6.61 Å². The number of ether oxygens (including phenoxy) is 1. The lowest BCUT2D eigenvalue weighted by Crippen LogP contribution is -2.45. The number of carbonyl (C=O) groups is 2. The van der Waals surface area contributed by atoms with Gasteiger partial charge in [0.05, 0.1) is 6.42 Å². The van der Waals surface area contributed by atoms with E-state index in [4.69, 9.17) is 4.74 Å². The van der Waals surface area contributed by atoms with Crippen molar-refractivity contribution < 1.29 is 19.4 Å². The van der Waals surface area contributed by atoms with E-state index < -0.39 is 18.1 Å². The van der Waals surface area contributed by atoms with Crippen molar-refractivity contribution in [1.82, 2.24) is 4.90 Å². The van der Waals surface area contributed by atoms with E-state index in [1.807, 2.05) is 48.5 Å². The van der Waals surface area contributed by atoms with Crippen molar-refractivity contribution in [2.45, 2.75) is 31.3 Å². The van der Waals surface area contributed by atoms with Gasteiger partial charge >= 0.3 is 12.1 Å². The molecule has 3 aromatic carbocycles. The van der Waals surface area contributed by atoms with Gasteiger partial charge in [0.25, 0.3) is 0 Å². The molecule has 0 spiro atoms.